The Labute approximate surface area is 260 Å². The van der Waals surface area contributed by atoms with Gasteiger partial charge >= 0.3 is 17.8 Å². The zero-order valence-electron chi connectivity index (χ0n) is 23.7. The van der Waals surface area contributed by atoms with Crippen molar-refractivity contribution in [2.24, 2.45) is 0 Å². The number of nitrogens with one attached hydrogen (secondary N) is 1. The van der Waals surface area contributed by atoms with E-state index in [4.69, 9.17) is 16.0 Å². The zero-order chi connectivity index (χ0) is 32.4. The van der Waals surface area contributed by atoms with Crippen LogP contribution >= 0.6 is 11.6 Å². The molecule has 234 valence electrons. The number of alkyl halides is 3. The van der Waals surface area contributed by atoms with E-state index in [2.05, 4.69) is 5.10 Å². The van der Waals surface area contributed by atoms with Gasteiger partial charge in [-0.3, -0.25) is 9.36 Å². The van der Waals surface area contributed by atoms with Crippen molar-refractivity contribution < 1.29 is 30.8 Å². The van der Waals surface area contributed by atoms with Crippen LogP contribution in [0.2, 0.25) is 5.02 Å². The van der Waals surface area contributed by atoms with Crippen molar-refractivity contribution in [2.75, 3.05) is 0 Å². The van der Waals surface area contributed by atoms with E-state index in [0.29, 0.717) is 35.4 Å². The van der Waals surface area contributed by atoms with Crippen molar-refractivity contribution in [3.8, 4) is 16.8 Å². The number of furan rings is 1. The number of carbonyl (C=O) groups excluding carboxylic acids is 1. The maximum absolute atomic E-state index is 13.7. The molecule has 0 spiro atoms. The van der Waals surface area contributed by atoms with Crippen LogP contribution in [0.15, 0.2) is 99.2 Å². The average Bonchev–Trinajstić information content (AvgIpc) is 3.58. The van der Waals surface area contributed by atoms with Gasteiger partial charge in [-0.1, -0.05) is 79.5 Å². The Kier molecular flexibility index (Phi) is 9.03. The van der Waals surface area contributed by atoms with E-state index in [1.165, 1.54) is 41.0 Å². The molecule has 2 heterocycles. The number of hydrogen-bond donors (Lipinski definition) is 1. The predicted octanol–water partition coefficient (Wildman–Crippen LogP) is 6.48. The normalized spacial score (nSPS) is 11.9. The highest BCUT2D eigenvalue weighted by Gasteiger charge is 2.35. The maximum atomic E-state index is 13.7. The number of halogens is 4. The Morgan fingerprint density at radius 3 is 2.36 bits per heavy atom. The van der Waals surface area contributed by atoms with E-state index in [1.54, 1.807) is 36.4 Å². The number of rotatable bonds is 10. The number of sulfonamides is 1. The summed E-state index contributed by atoms with van der Waals surface area (Å²) in [6, 6.07) is 18.8. The topological polar surface area (TPSA) is 116 Å². The smallest absolute Gasteiger partial charge is 0.418 e. The highest BCUT2D eigenvalue weighted by molar-refractivity contribution is 7.90. The van der Waals surface area contributed by atoms with Gasteiger partial charge < -0.3 is 4.42 Å². The minimum Gasteiger partial charge on any atom is -0.458 e. The van der Waals surface area contributed by atoms with Crippen molar-refractivity contribution in [2.45, 2.75) is 43.8 Å². The van der Waals surface area contributed by atoms with Crippen LogP contribution in [0, 0.1) is 0 Å². The van der Waals surface area contributed by atoms with E-state index in [0.717, 1.165) is 23.4 Å². The molecule has 2 aromatic heterocycles. The molecule has 14 heteroatoms. The number of unbranched alkanes of at least 4 members (excludes halogenated alkanes) is 1. The lowest BCUT2D eigenvalue weighted by molar-refractivity contribution is -0.137. The minimum absolute atomic E-state index is 0.0201. The molecule has 9 nitrogen and oxygen atoms in total. The van der Waals surface area contributed by atoms with Gasteiger partial charge in [0, 0.05) is 12.0 Å². The van der Waals surface area contributed by atoms with Crippen LogP contribution < -0.4 is 10.4 Å². The first kappa shape index (κ1) is 31.8. The lowest BCUT2D eigenvalue weighted by atomic mass is 10.0. The van der Waals surface area contributed by atoms with Gasteiger partial charge in [-0.15, -0.1) is 5.10 Å². The average molecular weight is 659 g/mol. The summed E-state index contributed by atoms with van der Waals surface area (Å²) in [5.41, 5.74) is -0.626. The molecule has 5 rings (SSSR count). The van der Waals surface area contributed by atoms with E-state index < -0.39 is 33.4 Å². The summed E-state index contributed by atoms with van der Waals surface area (Å²) in [5.74, 6) is -1.04. The number of aryl methyl sites for hydroxylation is 1. The third kappa shape index (κ3) is 6.74. The second kappa shape index (κ2) is 12.8. The summed E-state index contributed by atoms with van der Waals surface area (Å²) in [7, 11) is -4.35. The Hall–Kier alpha value is -4.62. The van der Waals surface area contributed by atoms with Gasteiger partial charge in [0.2, 0.25) is 5.76 Å². The third-order valence-electron chi connectivity index (χ3n) is 6.96. The molecule has 0 aliphatic carbocycles. The number of hydrogen-bond acceptors (Lipinski definition) is 6. The standard InChI is InChI=1S/C31H26ClF3N4O5S/c1-2-3-12-27-36-39(25-10-6-5-9-23(25)31(33,34)35)30(41)38(27)19-20-13-15-21(16-14-20)22-8-4-7-11-26(22)45(42,43)37-29(40)28-24(32)17-18-44-28/h4-11,13-18H,2-3,12,19H2,1H3,(H,37,40). The van der Waals surface area contributed by atoms with Gasteiger partial charge in [-0.05, 0) is 41.8 Å². The fourth-order valence-corrected chi connectivity index (χ4v) is 6.12. The summed E-state index contributed by atoms with van der Waals surface area (Å²) in [5, 5.41) is 4.25. The molecule has 3 aromatic carbocycles. The second-order valence-corrected chi connectivity index (χ2v) is 12.1. The molecule has 0 aliphatic heterocycles. The van der Waals surface area contributed by atoms with E-state index in [-0.39, 0.29) is 27.9 Å². The molecule has 5 aromatic rings. The number of aromatic nitrogens is 3. The molecule has 1 amide bonds. The molecule has 0 bridgehead atoms. The summed E-state index contributed by atoms with van der Waals surface area (Å²) in [6.07, 6.45) is -1.69. The Bertz CT molecular complexity index is 2020. The molecule has 0 unspecified atom stereocenters. The third-order valence-corrected chi connectivity index (χ3v) is 8.65. The van der Waals surface area contributed by atoms with E-state index in [9.17, 15) is 31.2 Å². The molecular formula is C31H26ClF3N4O5S. The molecule has 0 saturated heterocycles. The summed E-state index contributed by atoms with van der Waals surface area (Å²) < 4.78 is 76.6. The number of benzene rings is 3. The SMILES string of the molecule is CCCCc1nn(-c2ccccc2C(F)(F)F)c(=O)n1Cc1ccc(-c2ccccc2S(=O)(=O)NC(=O)c2occc2Cl)cc1. The van der Waals surface area contributed by atoms with Crippen LogP contribution in [0.25, 0.3) is 16.8 Å². The second-order valence-electron chi connectivity index (χ2n) is 10.0. The quantitative estimate of drug-likeness (QED) is 0.184. The van der Waals surface area contributed by atoms with Gasteiger partial charge in [0.25, 0.3) is 10.0 Å². The predicted molar refractivity (Wildman–Crippen MR) is 161 cm³/mol. The number of para-hydroxylation sites is 1. The zero-order valence-corrected chi connectivity index (χ0v) is 25.3. The molecule has 45 heavy (non-hydrogen) atoms. The van der Waals surface area contributed by atoms with Gasteiger partial charge in [-0.2, -0.15) is 17.9 Å². The van der Waals surface area contributed by atoms with E-state index >= 15 is 0 Å². The first-order valence-electron chi connectivity index (χ1n) is 13.7. The lowest BCUT2D eigenvalue weighted by Gasteiger charge is -2.12. The largest absolute Gasteiger partial charge is 0.458 e. The van der Waals surface area contributed by atoms with Crippen molar-refractivity contribution in [3.63, 3.8) is 0 Å². The van der Waals surface area contributed by atoms with Crippen LogP contribution in [0.5, 0.6) is 0 Å². The van der Waals surface area contributed by atoms with Crippen molar-refractivity contribution in [1.82, 2.24) is 19.1 Å². The molecule has 0 aliphatic rings. The number of nitrogens with zero attached hydrogens (tertiary/aromatic N) is 3. The lowest BCUT2D eigenvalue weighted by Crippen LogP contribution is -2.30. The summed E-state index contributed by atoms with van der Waals surface area (Å²) >= 11 is 5.89. The fraction of sp³-hybridized carbons (Fsp3) is 0.194. The first-order chi connectivity index (χ1) is 21.4. The van der Waals surface area contributed by atoms with Gasteiger partial charge in [-0.25, -0.2) is 17.9 Å². The van der Waals surface area contributed by atoms with Crippen molar-refractivity contribution in [3.05, 3.63) is 123 Å². The molecular weight excluding hydrogens is 633 g/mol. The first-order valence-corrected chi connectivity index (χ1v) is 15.6. The summed E-state index contributed by atoms with van der Waals surface area (Å²) in [4.78, 5) is 25.8. The fourth-order valence-electron chi connectivity index (χ4n) is 4.76. The van der Waals surface area contributed by atoms with Crippen LogP contribution in [0.1, 0.15) is 47.3 Å². The van der Waals surface area contributed by atoms with Gasteiger partial charge in [0.15, 0.2) is 0 Å². The Balaban J connectivity index is 1.46. The molecule has 1 N–H and O–H groups in total. The van der Waals surface area contributed by atoms with Crippen molar-refractivity contribution >= 4 is 27.5 Å². The molecule has 0 saturated carbocycles. The number of carbonyl (C=O) groups is 1. The van der Waals surface area contributed by atoms with Gasteiger partial charge in [0.1, 0.15) is 5.82 Å². The van der Waals surface area contributed by atoms with E-state index in [1.807, 2.05) is 11.6 Å². The highest BCUT2D eigenvalue weighted by atomic mass is 35.5. The van der Waals surface area contributed by atoms with Crippen molar-refractivity contribution in [1.29, 1.82) is 0 Å². The van der Waals surface area contributed by atoms with Crippen LogP contribution in [-0.2, 0) is 29.2 Å². The molecule has 0 fully saturated rings. The van der Waals surface area contributed by atoms with Crippen LogP contribution in [0.3, 0.4) is 0 Å². The monoisotopic (exact) mass is 658 g/mol. The van der Waals surface area contributed by atoms with Crippen LogP contribution in [0.4, 0.5) is 13.2 Å². The van der Waals surface area contributed by atoms with Crippen LogP contribution in [-0.4, -0.2) is 28.7 Å². The minimum atomic E-state index is -4.68. The Morgan fingerprint density at radius 2 is 1.69 bits per heavy atom. The number of amides is 1. The van der Waals surface area contributed by atoms with Gasteiger partial charge in [0.05, 0.1) is 34.0 Å². The maximum Gasteiger partial charge on any atom is 0.418 e. The Morgan fingerprint density at radius 1 is 1.00 bits per heavy atom. The molecule has 0 radical (unpaired) electrons. The highest BCUT2D eigenvalue weighted by Crippen LogP contribution is 2.33. The molecule has 0 atom stereocenters. The summed E-state index contributed by atoms with van der Waals surface area (Å²) in [6.45, 7) is 1.97.